The molecular formula is C13H25LiO2. The van der Waals surface area contributed by atoms with E-state index in [1.165, 1.54) is 44.9 Å². The van der Waals surface area contributed by atoms with Gasteiger partial charge in [-0.05, 0) is 12.3 Å². The van der Waals surface area contributed by atoms with Crippen LogP contribution in [0.1, 0.15) is 71.6 Å². The third-order valence-corrected chi connectivity index (χ3v) is 2.89. The summed E-state index contributed by atoms with van der Waals surface area (Å²) >= 11 is 0. The van der Waals surface area contributed by atoms with Crippen molar-refractivity contribution >= 4 is 5.97 Å². The van der Waals surface area contributed by atoms with Crippen LogP contribution in [0.5, 0.6) is 0 Å². The Morgan fingerprint density at radius 3 is 1.88 bits per heavy atom. The number of carbonyl (C=O) groups is 1. The summed E-state index contributed by atoms with van der Waals surface area (Å²) in [5.41, 5.74) is 0. The number of hydrogen-bond acceptors (Lipinski definition) is 2. The third kappa shape index (κ3) is 12.1. The van der Waals surface area contributed by atoms with E-state index in [4.69, 9.17) is 0 Å². The number of unbranched alkanes of at least 4 members (excludes halogenated alkanes) is 7. The van der Waals surface area contributed by atoms with E-state index in [0.717, 1.165) is 12.8 Å². The molecule has 1 unspecified atom stereocenters. The van der Waals surface area contributed by atoms with Crippen LogP contribution < -0.4 is 24.0 Å². The molecule has 0 saturated heterocycles. The molecule has 0 rings (SSSR count). The molecule has 0 aliphatic carbocycles. The standard InChI is InChI=1S/C13H26O2.Li/c1-3-4-5-6-7-8-9-10-11-12(2)13(14)15;/h12H,3-11H2,1-2H3,(H,14,15);/q;+1/p-1. The van der Waals surface area contributed by atoms with Gasteiger partial charge in [-0.15, -0.1) is 0 Å². The number of carbonyl (C=O) groups excluding carboxylic acids is 1. The first-order valence-electron chi connectivity index (χ1n) is 6.39. The van der Waals surface area contributed by atoms with E-state index in [2.05, 4.69) is 6.92 Å². The zero-order valence-electron chi connectivity index (χ0n) is 11.3. The van der Waals surface area contributed by atoms with Gasteiger partial charge in [0.2, 0.25) is 0 Å². The molecule has 0 aromatic rings. The molecule has 0 aromatic heterocycles. The molecule has 90 valence electrons. The molecule has 0 saturated carbocycles. The van der Waals surface area contributed by atoms with E-state index in [9.17, 15) is 9.90 Å². The quantitative estimate of drug-likeness (QED) is 0.381. The van der Waals surface area contributed by atoms with Crippen LogP contribution in [0.2, 0.25) is 0 Å². The Balaban J connectivity index is 0. The minimum atomic E-state index is -0.905. The van der Waals surface area contributed by atoms with Gasteiger partial charge < -0.3 is 9.90 Å². The van der Waals surface area contributed by atoms with E-state index in [-0.39, 0.29) is 24.8 Å². The van der Waals surface area contributed by atoms with Crippen molar-refractivity contribution in [3.05, 3.63) is 0 Å². The molecule has 0 aromatic carbocycles. The van der Waals surface area contributed by atoms with Gasteiger partial charge in [0.15, 0.2) is 0 Å². The first-order valence-corrected chi connectivity index (χ1v) is 6.39. The van der Waals surface area contributed by atoms with Crippen LogP contribution in [0.3, 0.4) is 0 Å². The minimum Gasteiger partial charge on any atom is -0.550 e. The SMILES string of the molecule is CCCCCCCCCCC(C)C(=O)[O-].[Li+]. The summed E-state index contributed by atoms with van der Waals surface area (Å²) in [7, 11) is 0. The molecule has 0 bridgehead atoms. The van der Waals surface area contributed by atoms with Gasteiger partial charge >= 0.3 is 18.9 Å². The smallest absolute Gasteiger partial charge is 0.550 e. The third-order valence-electron chi connectivity index (χ3n) is 2.89. The summed E-state index contributed by atoms with van der Waals surface area (Å²) in [4.78, 5) is 10.4. The maximum absolute atomic E-state index is 10.4. The Hall–Kier alpha value is 0.0674. The van der Waals surface area contributed by atoms with Crippen LogP contribution in [-0.4, -0.2) is 5.97 Å². The normalized spacial score (nSPS) is 11.9. The summed E-state index contributed by atoms with van der Waals surface area (Å²) in [6, 6.07) is 0. The van der Waals surface area contributed by atoms with Crippen molar-refractivity contribution < 1.29 is 28.8 Å². The predicted molar refractivity (Wildman–Crippen MR) is 61.4 cm³/mol. The largest absolute Gasteiger partial charge is 1.00 e. The Labute approximate surface area is 112 Å². The van der Waals surface area contributed by atoms with Gasteiger partial charge in [0.25, 0.3) is 0 Å². The summed E-state index contributed by atoms with van der Waals surface area (Å²) in [5.74, 6) is -1.18. The van der Waals surface area contributed by atoms with Gasteiger partial charge in [0.1, 0.15) is 0 Å². The van der Waals surface area contributed by atoms with Crippen molar-refractivity contribution in [1.29, 1.82) is 0 Å². The fraction of sp³-hybridized carbons (Fsp3) is 0.923. The molecule has 3 heteroatoms. The molecule has 0 heterocycles. The maximum atomic E-state index is 10.4. The van der Waals surface area contributed by atoms with Crippen molar-refractivity contribution in [3.8, 4) is 0 Å². The average Bonchev–Trinajstić information content (AvgIpc) is 2.21. The van der Waals surface area contributed by atoms with Gasteiger partial charge in [-0.25, -0.2) is 0 Å². The molecule has 2 nitrogen and oxygen atoms in total. The Bertz CT molecular complexity index is 160. The van der Waals surface area contributed by atoms with Gasteiger partial charge in [0, 0.05) is 5.97 Å². The summed E-state index contributed by atoms with van der Waals surface area (Å²) in [5, 5.41) is 10.4. The molecule has 16 heavy (non-hydrogen) atoms. The number of aliphatic carboxylic acids is 1. The van der Waals surface area contributed by atoms with E-state index < -0.39 is 5.97 Å². The topological polar surface area (TPSA) is 40.1 Å². The zero-order chi connectivity index (χ0) is 11.5. The molecule has 0 amide bonds. The molecule has 0 radical (unpaired) electrons. The van der Waals surface area contributed by atoms with Crippen molar-refractivity contribution in [2.75, 3.05) is 0 Å². The van der Waals surface area contributed by atoms with Gasteiger partial charge in [0.05, 0.1) is 0 Å². The van der Waals surface area contributed by atoms with E-state index in [1.54, 1.807) is 6.92 Å². The fourth-order valence-electron chi connectivity index (χ4n) is 1.70. The van der Waals surface area contributed by atoms with Crippen LogP contribution in [0, 0.1) is 5.92 Å². The molecule has 0 N–H and O–H groups in total. The Morgan fingerprint density at radius 1 is 1.00 bits per heavy atom. The monoisotopic (exact) mass is 220 g/mol. The van der Waals surface area contributed by atoms with Crippen LogP contribution >= 0.6 is 0 Å². The second-order valence-electron chi connectivity index (χ2n) is 4.48. The van der Waals surface area contributed by atoms with E-state index in [0.29, 0.717) is 0 Å². The predicted octanol–water partition coefficient (Wildman–Crippen LogP) is -0.0928. The van der Waals surface area contributed by atoms with Crippen molar-refractivity contribution in [2.45, 2.75) is 71.6 Å². The van der Waals surface area contributed by atoms with Gasteiger partial charge in [-0.2, -0.15) is 0 Å². The van der Waals surface area contributed by atoms with Crippen LogP contribution in [0.25, 0.3) is 0 Å². The van der Waals surface area contributed by atoms with E-state index in [1.807, 2.05) is 0 Å². The van der Waals surface area contributed by atoms with Gasteiger partial charge in [-0.3, -0.25) is 0 Å². The maximum Gasteiger partial charge on any atom is 1.00 e. The second kappa shape index (κ2) is 13.1. The fourth-order valence-corrected chi connectivity index (χ4v) is 1.70. The van der Waals surface area contributed by atoms with Gasteiger partial charge in [-0.1, -0.05) is 65.2 Å². The Kier molecular flexibility index (Phi) is 15.1. The summed E-state index contributed by atoms with van der Waals surface area (Å²) in [6.45, 7) is 3.96. The summed E-state index contributed by atoms with van der Waals surface area (Å²) in [6.07, 6.45) is 10.9. The second-order valence-corrected chi connectivity index (χ2v) is 4.48. The minimum absolute atomic E-state index is 0. The van der Waals surface area contributed by atoms with Crippen molar-refractivity contribution in [2.24, 2.45) is 5.92 Å². The molecule has 0 spiro atoms. The van der Waals surface area contributed by atoms with Crippen molar-refractivity contribution in [1.82, 2.24) is 0 Å². The summed E-state index contributed by atoms with van der Waals surface area (Å²) < 4.78 is 0. The first-order chi connectivity index (χ1) is 7.18. The number of rotatable bonds is 10. The van der Waals surface area contributed by atoms with Crippen molar-refractivity contribution in [3.63, 3.8) is 0 Å². The van der Waals surface area contributed by atoms with Crippen LogP contribution in [0.15, 0.2) is 0 Å². The number of hydrogen-bond donors (Lipinski definition) is 0. The molecular weight excluding hydrogens is 195 g/mol. The van der Waals surface area contributed by atoms with Crippen LogP contribution in [-0.2, 0) is 4.79 Å². The average molecular weight is 220 g/mol. The van der Waals surface area contributed by atoms with E-state index >= 15 is 0 Å². The molecule has 0 aliphatic rings. The Morgan fingerprint density at radius 2 is 1.44 bits per heavy atom. The zero-order valence-corrected chi connectivity index (χ0v) is 11.3. The molecule has 0 fully saturated rings. The number of carboxylic acid groups (broad SMARTS) is 1. The molecule has 1 atom stereocenters. The number of carboxylic acids is 1. The molecule has 0 aliphatic heterocycles. The first kappa shape index (κ1) is 18.4. The van der Waals surface area contributed by atoms with Crippen LogP contribution in [0.4, 0.5) is 0 Å².